The molecular formula is C15H16N4OS2. The summed E-state index contributed by atoms with van der Waals surface area (Å²) in [6, 6.07) is 1.97. The van der Waals surface area contributed by atoms with E-state index in [1.807, 2.05) is 10.9 Å². The smallest absolute Gasteiger partial charge is 0.227 e. The summed E-state index contributed by atoms with van der Waals surface area (Å²) in [5.41, 5.74) is 3.11. The maximum absolute atomic E-state index is 12.6. The SMILES string of the molecule is CSc1nc2n(n1)C(c1sccc1C)C1=C(CCCC1=O)N2. The molecule has 0 saturated heterocycles. The molecule has 1 atom stereocenters. The molecule has 0 saturated carbocycles. The summed E-state index contributed by atoms with van der Waals surface area (Å²) in [7, 11) is 0. The third kappa shape index (κ3) is 2.03. The Balaban J connectivity index is 1.94. The minimum absolute atomic E-state index is 0.132. The molecule has 0 fully saturated rings. The Bertz CT molecular complexity index is 789. The molecule has 2 aromatic heterocycles. The van der Waals surface area contributed by atoms with Crippen LogP contribution in [0.3, 0.4) is 0 Å². The van der Waals surface area contributed by atoms with E-state index in [1.54, 1.807) is 11.3 Å². The molecule has 5 nitrogen and oxygen atoms in total. The zero-order valence-corrected chi connectivity index (χ0v) is 14.1. The maximum atomic E-state index is 12.6. The highest BCUT2D eigenvalue weighted by atomic mass is 32.2. The van der Waals surface area contributed by atoms with Crippen molar-refractivity contribution >= 4 is 34.8 Å². The molecule has 0 aromatic carbocycles. The number of ketones is 1. The van der Waals surface area contributed by atoms with Crippen molar-refractivity contribution in [3.63, 3.8) is 0 Å². The number of hydrogen-bond donors (Lipinski definition) is 1. The van der Waals surface area contributed by atoms with Crippen LogP contribution in [0.15, 0.2) is 27.9 Å². The molecule has 7 heteroatoms. The van der Waals surface area contributed by atoms with Crippen LogP contribution in [0.4, 0.5) is 5.95 Å². The largest absolute Gasteiger partial charge is 0.328 e. The number of allylic oxidation sites excluding steroid dienone is 2. The van der Waals surface area contributed by atoms with E-state index in [4.69, 9.17) is 0 Å². The summed E-state index contributed by atoms with van der Waals surface area (Å²) in [5.74, 6) is 0.981. The van der Waals surface area contributed by atoms with Gasteiger partial charge in [-0.1, -0.05) is 11.8 Å². The monoisotopic (exact) mass is 332 g/mol. The molecule has 3 heterocycles. The molecule has 0 radical (unpaired) electrons. The van der Waals surface area contributed by atoms with E-state index in [1.165, 1.54) is 22.2 Å². The van der Waals surface area contributed by atoms with E-state index >= 15 is 0 Å². The summed E-state index contributed by atoms with van der Waals surface area (Å²) in [4.78, 5) is 18.3. The number of nitrogens with one attached hydrogen (secondary N) is 1. The second kappa shape index (κ2) is 5.24. The number of carbonyl (C=O) groups is 1. The lowest BCUT2D eigenvalue weighted by molar-refractivity contribution is -0.116. The van der Waals surface area contributed by atoms with Gasteiger partial charge in [0, 0.05) is 22.6 Å². The first-order valence-electron chi connectivity index (χ1n) is 7.27. The van der Waals surface area contributed by atoms with Crippen LogP contribution < -0.4 is 5.32 Å². The van der Waals surface area contributed by atoms with Gasteiger partial charge in [0.2, 0.25) is 11.1 Å². The molecule has 1 aliphatic carbocycles. The van der Waals surface area contributed by atoms with E-state index in [9.17, 15) is 4.79 Å². The van der Waals surface area contributed by atoms with Gasteiger partial charge in [-0.05, 0) is 43.0 Å². The van der Waals surface area contributed by atoms with Gasteiger partial charge in [0.1, 0.15) is 6.04 Å². The van der Waals surface area contributed by atoms with Gasteiger partial charge in [0.15, 0.2) is 5.78 Å². The van der Waals surface area contributed by atoms with Crippen molar-refractivity contribution in [1.29, 1.82) is 0 Å². The fraction of sp³-hybridized carbons (Fsp3) is 0.400. The van der Waals surface area contributed by atoms with Crippen molar-refractivity contribution in [2.24, 2.45) is 0 Å². The highest BCUT2D eigenvalue weighted by Gasteiger charge is 2.37. The zero-order valence-electron chi connectivity index (χ0n) is 12.4. The molecule has 2 aliphatic rings. The summed E-state index contributed by atoms with van der Waals surface area (Å²) in [5, 5.41) is 10.7. The molecule has 1 N–H and O–H groups in total. The zero-order chi connectivity index (χ0) is 15.3. The first kappa shape index (κ1) is 14.0. The minimum atomic E-state index is -0.132. The van der Waals surface area contributed by atoms with Crippen molar-refractivity contribution in [3.05, 3.63) is 33.2 Å². The van der Waals surface area contributed by atoms with Crippen molar-refractivity contribution in [2.75, 3.05) is 11.6 Å². The van der Waals surface area contributed by atoms with Crippen LogP contribution in [0.1, 0.15) is 35.7 Å². The second-order valence-corrected chi connectivity index (χ2v) is 7.25. The predicted molar refractivity (Wildman–Crippen MR) is 88.5 cm³/mol. The molecular weight excluding hydrogens is 316 g/mol. The van der Waals surface area contributed by atoms with Gasteiger partial charge in [-0.2, -0.15) is 4.98 Å². The van der Waals surface area contributed by atoms with E-state index in [2.05, 4.69) is 33.8 Å². The lowest BCUT2D eigenvalue weighted by atomic mass is 9.87. The standard InChI is InChI=1S/C15H16N4OS2/c1-8-6-7-22-13(8)12-11-9(4-3-5-10(11)20)16-14-17-15(21-2)18-19(12)14/h6-7,12H,3-5H2,1-2H3,(H,16,17,18). The second-order valence-electron chi connectivity index (χ2n) is 5.53. The highest BCUT2D eigenvalue weighted by Crippen LogP contribution is 2.42. The van der Waals surface area contributed by atoms with Gasteiger partial charge in [-0.25, -0.2) is 4.68 Å². The van der Waals surface area contributed by atoms with Crippen molar-refractivity contribution in [1.82, 2.24) is 14.8 Å². The maximum Gasteiger partial charge on any atom is 0.227 e. The van der Waals surface area contributed by atoms with Crippen LogP contribution in [0.2, 0.25) is 0 Å². The van der Waals surface area contributed by atoms with Crippen molar-refractivity contribution < 1.29 is 4.79 Å². The number of hydrogen-bond acceptors (Lipinski definition) is 6. The number of anilines is 1. The number of carbonyl (C=O) groups excluding carboxylic acids is 1. The van der Waals surface area contributed by atoms with E-state index in [-0.39, 0.29) is 11.8 Å². The lowest BCUT2D eigenvalue weighted by Gasteiger charge is -2.31. The Kier molecular flexibility index (Phi) is 3.34. The fourth-order valence-corrected chi connectivity index (χ4v) is 4.50. The normalized spacial score (nSPS) is 20.6. The van der Waals surface area contributed by atoms with Crippen LogP contribution in [0.5, 0.6) is 0 Å². The van der Waals surface area contributed by atoms with Crippen molar-refractivity contribution in [3.8, 4) is 0 Å². The number of nitrogens with zero attached hydrogens (tertiary/aromatic N) is 3. The van der Waals surface area contributed by atoms with E-state index in [0.29, 0.717) is 6.42 Å². The molecule has 4 rings (SSSR count). The Morgan fingerprint density at radius 2 is 2.32 bits per heavy atom. The average Bonchev–Trinajstić information content (AvgIpc) is 3.11. The van der Waals surface area contributed by atoms with Gasteiger partial charge in [0.05, 0.1) is 0 Å². The molecule has 0 amide bonds. The Hall–Kier alpha value is -1.60. The van der Waals surface area contributed by atoms with E-state index < -0.39 is 0 Å². The first-order valence-corrected chi connectivity index (χ1v) is 9.37. The Labute approximate surface area is 136 Å². The predicted octanol–water partition coefficient (Wildman–Crippen LogP) is 3.39. The number of thioether (sulfide) groups is 1. The van der Waals surface area contributed by atoms with Crippen LogP contribution >= 0.6 is 23.1 Å². The minimum Gasteiger partial charge on any atom is -0.328 e. The van der Waals surface area contributed by atoms with Gasteiger partial charge in [-0.3, -0.25) is 4.79 Å². The average molecular weight is 332 g/mol. The van der Waals surface area contributed by atoms with Crippen LogP contribution in [0, 0.1) is 6.92 Å². The lowest BCUT2D eigenvalue weighted by Crippen LogP contribution is -2.31. The summed E-state index contributed by atoms with van der Waals surface area (Å²) in [6.07, 6.45) is 4.40. The molecule has 22 heavy (non-hydrogen) atoms. The Morgan fingerprint density at radius 3 is 3.05 bits per heavy atom. The third-order valence-electron chi connectivity index (χ3n) is 4.18. The first-order chi connectivity index (χ1) is 10.7. The molecule has 0 spiro atoms. The van der Waals surface area contributed by atoms with Crippen LogP contribution in [-0.4, -0.2) is 26.8 Å². The summed E-state index contributed by atoms with van der Waals surface area (Å²) >= 11 is 3.20. The number of aryl methyl sites for hydroxylation is 1. The topological polar surface area (TPSA) is 59.8 Å². The number of aromatic nitrogens is 3. The molecule has 0 bridgehead atoms. The number of rotatable bonds is 2. The van der Waals surface area contributed by atoms with Crippen LogP contribution in [0.25, 0.3) is 0 Å². The quantitative estimate of drug-likeness (QED) is 0.854. The Morgan fingerprint density at radius 1 is 1.45 bits per heavy atom. The number of thiophene rings is 1. The molecule has 114 valence electrons. The van der Waals surface area contributed by atoms with Gasteiger partial charge in [-0.15, -0.1) is 16.4 Å². The van der Waals surface area contributed by atoms with Crippen molar-refractivity contribution in [2.45, 2.75) is 37.4 Å². The number of Topliss-reactive ketones (excluding diaryl/α,β-unsaturated/α-hetero) is 1. The fourth-order valence-electron chi connectivity index (χ4n) is 3.13. The summed E-state index contributed by atoms with van der Waals surface area (Å²) < 4.78 is 1.88. The van der Waals surface area contributed by atoms with Crippen LogP contribution in [-0.2, 0) is 4.79 Å². The summed E-state index contributed by atoms with van der Waals surface area (Å²) in [6.45, 7) is 2.09. The molecule has 2 aromatic rings. The van der Waals surface area contributed by atoms with Gasteiger partial charge >= 0.3 is 0 Å². The third-order valence-corrected chi connectivity index (χ3v) is 5.79. The van der Waals surface area contributed by atoms with Gasteiger partial charge < -0.3 is 5.32 Å². The molecule has 1 aliphatic heterocycles. The van der Waals surface area contributed by atoms with Gasteiger partial charge in [0.25, 0.3) is 0 Å². The highest BCUT2D eigenvalue weighted by molar-refractivity contribution is 7.98. The number of fused-ring (bicyclic) bond motifs is 1. The molecule has 1 unspecified atom stereocenters. The van der Waals surface area contributed by atoms with E-state index in [0.717, 1.165) is 35.2 Å².